The van der Waals surface area contributed by atoms with Crippen molar-refractivity contribution in [3.8, 4) is 5.75 Å². The number of hydrogen-bond donors (Lipinski definition) is 2. The van der Waals surface area contributed by atoms with Gasteiger partial charge in [-0.25, -0.2) is 0 Å². The van der Waals surface area contributed by atoms with Crippen molar-refractivity contribution in [1.29, 1.82) is 0 Å². The van der Waals surface area contributed by atoms with Gasteiger partial charge in [0.1, 0.15) is 5.75 Å². The first-order chi connectivity index (χ1) is 8.24. The average Bonchev–Trinajstić information content (AvgIpc) is 2.71. The number of hydrazone groups is 1. The quantitative estimate of drug-likeness (QED) is 0.767. The molecule has 3 rings (SSSR count). The molecule has 2 aliphatic rings. The highest BCUT2D eigenvalue weighted by Crippen LogP contribution is 2.32. The fourth-order valence-corrected chi connectivity index (χ4v) is 2.73. The van der Waals surface area contributed by atoms with Crippen molar-refractivity contribution in [3.63, 3.8) is 0 Å². The number of nitrogens with one attached hydrogen (secondary N) is 1. The number of nitrogens with zero attached hydrogens (tertiary/aromatic N) is 2. The van der Waals surface area contributed by atoms with Gasteiger partial charge >= 0.3 is 0 Å². The van der Waals surface area contributed by atoms with E-state index in [0.29, 0.717) is 11.7 Å². The molecule has 2 atom stereocenters. The number of rotatable bonds is 1. The molecule has 4 nitrogen and oxygen atoms in total. The fourth-order valence-electron chi connectivity index (χ4n) is 2.73. The summed E-state index contributed by atoms with van der Waals surface area (Å²) in [5, 5.41) is 14.0. The summed E-state index contributed by atoms with van der Waals surface area (Å²) in [6.07, 6.45) is 1.05. The summed E-state index contributed by atoms with van der Waals surface area (Å²) in [6.45, 7) is 2.12. The van der Waals surface area contributed by atoms with Crippen LogP contribution < -0.4 is 5.43 Å². The summed E-state index contributed by atoms with van der Waals surface area (Å²) in [6, 6.07) is 7.67. The van der Waals surface area contributed by atoms with Crippen molar-refractivity contribution in [1.82, 2.24) is 10.3 Å². The Bertz CT molecular complexity index is 458. The van der Waals surface area contributed by atoms with Crippen LogP contribution >= 0.6 is 0 Å². The molecule has 1 saturated heterocycles. The summed E-state index contributed by atoms with van der Waals surface area (Å²) in [5.41, 5.74) is 5.60. The minimum absolute atomic E-state index is 0.208. The highest BCUT2D eigenvalue weighted by atomic mass is 16.3. The molecule has 1 aromatic carbocycles. The number of piperidine rings is 1. The fraction of sp³-hybridized carbons (Fsp3) is 0.462. The van der Waals surface area contributed by atoms with Gasteiger partial charge in [-0.05, 0) is 24.7 Å². The predicted octanol–water partition coefficient (Wildman–Crippen LogP) is 1.34. The molecule has 2 N–H and O–H groups in total. The van der Waals surface area contributed by atoms with Gasteiger partial charge in [-0.3, -0.25) is 0 Å². The van der Waals surface area contributed by atoms with E-state index in [1.807, 2.05) is 18.2 Å². The zero-order valence-electron chi connectivity index (χ0n) is 9.93. The van der Waals surface area contributed by atoms with E-state index >= 15 is 0 Å². The summed E-state index contributed by atoms with van der Waals surface area (Å²) >= 11 is 0. The molecule has 17 heavy (non-hydrogen) atoms. The van der Waals surface area contributed by atoms with Crippen molar-refractivity contribution < 1.29 is 5.11 Å². The topological polar surface area (TPSA) is 47.9 Å². The number of phenolic OH excluding ortho intramolecular Hbond substituents is 1. The zero-order valence-corrected chi connectivity index (χ0v) is 9.93. The van der Waals surface area contributed by atoms with E-state index in [-0.39, 0.29) is 6.04 Å². The third kappa shape index (κ3) is 1.89. The monoisotopic (exact) mass is 231 g/mol. The van der Waals surface area contributed by atoms with Crippen molar-refractivity contribution in [2.24, 2.45) is 11.0 Å². The van der Waals surface area contributed by atoms with Gasteiger partial charge in [-0.15, -0.1) is 0 Å². The Labute approximate surface area is 101 Å². The largest absolute Gasteiger partial charge is 0.508 e. The first kappa shape index (κ1) is 10.6. The Kier molecular flexibility index (Phi) is 2.52. The lowest BCUT2D eigenvalue weighted by molar-refractivity contribution is 0.272. The maximum Gasteiger partial charge on any atom is 0.115 e. The van der Waals surface area contributed by atoms with Gasteiger partial charge in [-0.1, -0.05) is 12.1 Å². The summed E-state index contributed by atoms with van der Waals surface area (Å²) in [7, 11) is 2.15. The van der Waals surface area contributed by atoms with E-state index in [4.69, 9.17) is 0 Å². The molecule has 4 heteroatoms. The standard InChI is InChI=1S/C13H17N3O/c1-16-6-5-12-11(8-16)13(15-14-12)9-3-2-4-10(17)7-9/h2-4,7,11,13,15,17H,5-6,8H2,1H3. The minimum Gasteiger partial charge on any atom is -0.508 e. The number of hydrogen-bond acceptors (Lipinski definition) is 4. The third-order valence-electron chi connectivity index (χ3n) is 3.66. The number of phenols is 1. The van der Waals surface area contributed by atoms with Crippen LogP contribution in [0.3, 0.4) is 0 Å². The first-order valence-electron chi connectivity index (χ1n) is 6.03. The van der Waals surface area contributed by atoms with E-state index in [1.54, 1.807) is 6.07 Å². The Balaban J connectivity index is 1.86. The Morgan fingerprint density at radius 1 is 1.47 bits per heavy atom. The van der Waals surface area contributed by atoms with E-state index in [9.17, 15) is 5.11 Å². The normalized spacial score (nSPS) is 28.4. The van der Waals surface area contributed by atoms with Crippen molar-refractivity contribution >= 4 is 5.71 Å². The average molecular weight is 231 g/mol. The van der Waals surface area contributed by atoms with Crippen LogP contribution in [0.4, 0.5) is 0 Å². The molecular formula is C13H17N3O. The molecule has 2 unspecified atom stereocenters. The number of benzene rings is 1. The SMILES string of the molecule is CN1CCC2=NNC(c3cccc(O)c3)C2C1. The molecule has 0 saturated carbocycles. The molecule has 0 aromatic heterocycles. The summed E-state index contributed by atoms with van der Waals surface area (Å²) < 4.78 is 0. The van der Waals surface area contributed by atoms with Gasteiger partial charge in [0, 0.05) is 31.1 Å². The number of aromatic hydroxyl groups is 1. The number of fused-ring (bicyclic) bond motifs is 1. The molecule has 2 heterocycles. The van der Waals surface area contributed by atoms with Crippen LogP contribution in [0, 0.1) is 5.92 Å². The lowest BCUT2D eigenvalue weighted by atomic mass is 9.86. The Morgan fingerprint density at radius 3 is 3.18 bits per heavy atom. The molecular weight excluding hydrogens is 214 g/mol. The van der Waals surface area contributed by atoms with Crippen LogP contribution in [-0.4, -0.2) is 35.9 Å². The lowest BCUT2D eigenvalue weighted by Crippen LogP contribution is -2.39. The third-order valence-corrected chi connectivity index (χ3v) is 3.66. The van der Waals surface area contributed by atoms with Gasteiger partial charge in [-0.2, -0.15) is 5.10 Å². The van der Waals surface area contributed by atoms with E-state index in [0.717, 1.165) is 25.1 Å². The van der Waals surface area contributed by atoms with Crippen LogP contribution in [0.2, 0.25) is 0 Å². The first-order valence-corrected chi connectivity index (χ1v) is 6.03. The van der Waals surface area contributed by atoms with Crippen molar-refractivity contribution in [3.05, 3.63) is 29.8 Å². The Hall–Kier alpha value is -1.55. The molecule has 1 fully saturated rings. The minimum atomic E-state index is 0.208. The van der Waals surface area contributed by atoms with Gasteiger partial charge < -0.3 is 15.4 Å². The second-order valence-electron chi connectivity index (χ2n) is 4.92. The Morgan fingerprint density at radius 2 is 2.35 bits per heavy atom. The van der Waals surface area contributed by atoms with Gasteiger partial charge in [0.05, 0.1) is 6.04 Å². The van der Waals surface area contributed by atoms with E-state index in [2.05, 4.69) is 22.5 Å². The molecule has 0 aliphatic carbocycles. The maximum atomic E-state index is 9.55. The number of likely N-dealkylation sites (tertiary alicyclic amines) is 1. The highest BCUT2D eigenvalue weighted by Gasteiger charge is 2.35. The van der Waals surface area contributed by atoms with Crippen LogP contribution in [-0.2, 0) is 0 Å². The molecule has 0 spiro atoms. The molecule has 0 radical (unpaired) electrons. The van der Waals surface area contributed by atoms with Crippen molar-refractivity contribution in [2.75, 3.05) is 20.1 Å². The molecule has 1 aromatic rings. The van der Waals surface area contributed by atoms with Crippen LogP contribution in [0.1, 0.15) is 18.0 Å². The van der Waals surface area contributed by atoms with E-state index < -0.39 is 0 Å². The molecule has 0 bridgehead atoms. The lowest BCUT2D eigenvalue weighted by Gasteiger charge is -2.30. The summed E-state index contributed by atoms with van der Waals surface area (Å²) in [5.74, 6) is 0.762. The van der Waals surface area contributed by atoms with Crippen LogP contribution in [0.5, 0.6) is 5.75 Å². The maximum absolute atomic E-state index is 9.55. The van der Waals surface area contributed by atoms with Gasteiger partial charge in [0.25, 0.3) is 0 Å². The summed E-state index contributed by atoms with van der Waals surface area (Å²) in [4.78, 5) is 2.34. The molecule has 2 aliphatic heterocycles. The van der Waals surface area contributed by atoms with Crippen molar-refractivity contribution in [2.45, 2.75) is 12.5 Å². The predicted molar refractivity (Wildman–Crippen MR) is 67.0 cm³/mol. The van der Waals surface area contributed by atoms with E-state index in [1.165, 1.54) is 5.71 Å². The van der Waals surface area contributed by atoms with Crippen LogP contribution in [0.25, 0.3) is 0 Å². The second kappa shape index (κ2) is 4.04. The highest BCUT2D eigenvalue weighted by molar-refractivity contribution is 5.89. The molecule has 0 amide bonds. The zero-order chi connectivity index (χ0) is 11.8. The molecule has 90 valence electrons. The van der Waals surface area contributed by atoms with Crippen LogP contribution in [0.15, 0.2) is 29.4 Å². The van der Waals surface area contributed by atoms with Gasteiger partial charge in [0.2, 0.25) is 0 Å². The van der Waals surface area contributed by atoms with Gasteiger partial charge in [0.15, 0.2) is 0 Å². The second-order valence-corrected chi connectivity index (χ2v) is 4.92. The smallest absolute Gasteiger partial charge is 0.115 e.